The Morgan fingerprint density at radius 3 is 2.58 bits per heavy atom. The van der Waals surface area contributed by atoms with Gasteiger partial charge in [-0.25, -0.2) is 9.78 Å². The Morgan fingerprint density at radius 2 is 1.90 bits per heavy atom. The number of hydrogen-bond donors (Lipinski definition) is 1. The van der Waals surface area contributed by atoms with Crippen molar-refractivity contribution in [2.75, 3.05) is 7.11 Å². The van der Waals surface area contributed by atoms with E-state index in [1.165, 1.54) is 21.8 Å². The number of nitrogens with zero attached hydrogens (tertiary/aromatic N) is 2. The number of hydrogen-bond acceptors (Lipinski definition) is 5. The first kappa shape index (κ1) is 21.1. The van der Waals surface area contributed by atoms with Gasteiger partial charge in [-0.2, -0.15) is 0 Å². The number of methoxy groups -OCH3 is 1. The first-order valence-electron chi connectivity index (χ1n) is 10.1. The number of amides is 3. The molecule has 1 aliphatic rings. The van der Waals surface area contributed by atoms with Crippen molar-refractivity contribution in [2.45, 2.75) is 38.8 Å². The van der Waals surface area contributed by atoms with Gasteiger partial charge in [-0.15, -0.1) is 11.3 Å². The van der Waals surface area contributed by atoms with E-state index in [0.717, 1.165) is 21.9 Å². The van der Waals surface area contributed by atoms with Crippen molar-refractivity contribution in [1.82, 2.24) is 15.2 Å². The summed E-state index contributed by atoms with van der Waals surface area (Å²) in [6.07, 6.45) is 0. The van der Waals surface area contributed by atoms with E-state index >= 15 is 0 Å². The fraction of sp³-hybridized carbons (Fsp3) is 0.292. The van der Waals surface area contributed by atoms with Crippen molar-refractivity contribution in [3.05, 3.63) is 70.7 Å². The second-order valence-corrected chi connectivity index (χ2v) is 8.96. The summed E-state index contributed by atoms with van der Waals surface area (Å²) >= 11 is 1.47. The van der Waals surface area contributed by atoms with Gasteiger partial charge in [0.1, 0.15) is 16.3 Å². The van der Waals surface area contributed by atoms with Gasteiger partial charge in [0.15, 0.2) is 0 Å². The Labute approximate surface area is 185 Å². The number of aromatic nitrogens is 1. The van der Waals surface area contributed by atoms with Crippen LogP contribution in [-0.2, 0) is 16.9 Å². The highest BCUT2D eigenvalue weighted by Gasteiger charge is 2.49. The molecule has 0 spiro atoms. The number of ether oxygens (including phenoxy) is 1. The Balaban J connectivity index is 1.54. The lowest BCUT2D eigenvalue weighted by molar-refractivity contribution is -0.131. The minimum atomic E-state index is -1.09. The number of urea groups is 1. The smallest absolute Gasteiger partial charge is 0.325 e. The Kier molecular flexibility index (Phi) is 5.54. The molecule has 1 aromatic heterocycles. The maximum atomic E-state index is 13.2. The third-order valence-electron chi connectivity index (χ3n) is 5.62. The summed E-state index contributed by atoms with van der Waals surface area (Å²) in [5.41, 5.74) is 2.48. The molecule has 160 valence electrons. The summed E-state index contributed by atoms with van der Waals surface area (Å²) < 4.78 is 5.28. The molecule has 0 bridgehead atoms. The van der Waals surface area contributed by atoms with Crippen LogP contribution in [0.5, 0.6) is 5.75 Å². The van der Waals surface area contributed by atoms with Crippen LogP contribution in [0.3, 0.4) is 0 Å². The maximum Gasteiger partial charge on any atom is 0.325 e. The van der Waals surface area contributed by atoms with E-state index in [1.807, 2.05) is 53.9 Å². The lowest BCUT2D eigenvalue weighted by Crippen LogP contribution is -2.40. The van der Waals surface area contributed by atoms with Gasteiger partial charge in [-0.3, -0.25) is 9.69 Å². The largest absolute Gasteiger partial charge is 0.497 e. The summed E-state index contributed by atoms with van der Waals surface area (Å²) in [5.74, 6) is 0.879. The molecule has 2 aromatic carbocycles. The molecule has 31 heavy (non-hydrogen) atoms. The summed E-state index contributed by atoms with van der Waals surface area (Å²) in [6.45, 7) is 6.12. The van der Waals surface area contributed by atoms with Gasteiger partial charge in [0.2, 0.25) is 0 Å². The molecule has 7 heteroatoms. The molecule has 1 atom stereocenters. The zero-order valence-corrected chi connectivity index (χ0v) is 18.8. The van der Waals surface area contributed by atoms with Crippen LogP contribution in [0.4, 0.5) is 4.79 Å². The van der Waals surface area contributed by atoms with Crippen LogP contribution in [0.1, 0.15) is 43.5 Å². The molecule has 0 radical (unpaired) electrons. The fourth-order valence-electron chi connectivity index (χ4n) is 3.67. The summed E-state index contributed by atoms with van der Waals surface area (Å²) in [7, 11) is 1.62. The lowest BCUT2D eigenvalue weighted by atomic mass is 9.90. The summed E-state index contributed by atoms with van der Waals surface area (Å²) in [4.78, 5) is 31.8. The minimum Gasteiger partial charge on any atom is -0.497 e. The highest BCUT2D eigenvalue weighted by atomic mass is 32.1. The van der Waals surface area contributed by atoms with Crippen LogP contribution in [0.25, 0.3) is 10.6 Å². The third kappa shape index (κ3) is 3.93. The monoisotopic (exact) mass is 435 g/mol. The fourth-order valence-corrected chi connectivity index (χ4v) is 4.48. The zero-order chi connectivity index (χ0) is 22.2. The number of imide groups is 1. The van der Waals surface area contributed by atoms with Gasteiger partial charge >= 0.3 is 6.03 Å². The van der Waals surface area contributed by atoms with Crippen molar-refractivity contribution >= 4 is 23.3 Å². The average Bonchev–Trinajstić information content (AvgIpc) is 3.33. The second kappa shape index (κ2) is 8.15. The molecule has 1 aliphatic heterocycles. The van der Waals surface area contributed by atoms with Crippen molar-refractivity contribution in [3.63, 3.8) is 0 Å². The van der Waals surface area contributed by atoms with Crippen molar-refractivity contribution in [1.29, 1.82) is 0 Å². The molecule has 1 unspecified atom stereocenters. The summed E-state index contributed by atoms with van der Waals surface area (Å²) in [6, 6.07) is 15.1. The summed E-state index contributed by atoms with van der Waals surface area (Å²) in [5, 5.41) is 5.56. The van der Waals surface area contributed by atoms with Crippen LogP contribution in [0.2, 0.25) is 0 Å². The number of nitrogens with one attached hydrogen (secondary N) is 1. The van der Waals surface area contributed by atoms with Crippen molar-refractivity contribution < 1.29 is 14.3 Å². The maximum absolute atomic E-state index is 13.2. The topological polar surface area (TPSA) is 71.5 Å². The van der Waals surface area contributed by atoms with Gasteiger partial charge in [-0.1, -0.05) is 50.2 Å². The Bertz CT molecular complexity index is 1120. The predicted octanol–water partition coefficient (Wildman–Crippen LogP) is 4.91. The number of carbonyl (C=O) groups is 2. The molecule has 6 nitrogen and oxygen atoms in total. The minimum absolute atomic E-state index is 0.130. The van der Waals surface area contributed by atoms with Gasteiger partial charge in [0.05, 0.1) is 19.3 Å². The average molecular weight is 436 g/mol. The van der Waals surface area contributed by atoms with Crippen LogP contribution >= 0.6 is 11.3 Å². The van der Waals surface area contributed by atoms with E-state index in [1.54, 1.807) is 14.0 Å². The molecule has 0 saturated carbocycles. The number of benzene rings is 2. The van der Waals surface area contributed by atoms with E-state index in [-0.39, 0.29) is 12.5 Å². The van der Waals surface area contributed by atoms with Crippen LogP contribution < -0.4 is 10.1 Å². The van der Waals surface area contributed by atoms with E-state index < -0.39 is 11.6 Å². The van der Waals surface area contributed by atoms with Crippen LogP contribution in [0, 0.1) is 0 Å². The molecule has 3 amide bonds. The van der Waals surface area contributed by atoms with Gasteiger partial charge in [0, 0.05) is 10.9 Å². The zero-order valence-electron chi connectivity index (χ0n) is 18.0. The number of carbonyl (C=O) groups excluding carboxylic acids is 2. The van der Waals surface area contributed by atoms with Gasteiger partial charge in [-0.05, 0) is 36.1 Å². The van der Waals surface area contributed by atoms with E-state index in [9.17, 15) is 9.59 Å². The standard InChI is InChI=1S/C24H25N3O3S/c1-15(2)16-8-10-18(11-9-16)24(3)22(28)27(23(29)26-24)13-19-14-31-21(25-19)17-6-5-7-20(12-17)30-4/h5-12,14-15H,13H2,1-4H3,(H,26,29). The Morgan fingerprint density at radius 1 is 1.16 bits per heavy atom. The molecular weight excluding hydrogens is 410 g/mol. The van der Waals surface area contributed by atoms with E-state index in [0.29, 0.717) is 11.6 Å². The SMILES string of the molecule is COc1cccc(-c2nc(CN3C(=O)NC(C)(c4ccc(C(C)C)cc4)C3=O)cs2)c1. The predicted molar refractivity (Wildman–Crippen MR) is 121 cm³/mol. The highest BCUT2D eigenvalue weighted by Crippen LogP contribution is 2.32. The number of rotatable bonds is 6. The lowest BCUT2D eigenvalue weighted by Gasteiger charge is -2.22. The quantitative estimate of drug-likeness (QED) is 0.559. The molecule has 1 N–H and O–H groups in total. The molecule has 0 aliphatic carbocycles. The van der Waals surface area contributed by atoms with Crippen LogP contribution in [0.15, 0.2) is 53.9 Å². The van der Waals surface area contributed by atoms with Crippen LogP contribution in [-0.4, -0.2) is 28.9 Å². The highest BCUT2D eigenvalue weighted by molar-refractivity contribution is 7.13. The first-order valence-corrected chi connectivity index (χ1v) is 11.0. The molecule has 4 rings (SSSR count). The first-order chi connectivity index (χ1) is 14.8. The van der Waals surface area contributed by atoms with Crippen molar-refractivity contribution in [2.24, 2.45) is 0 Å². The second-order valence-electron chi connectivity index (χ2n) is 8.10. The van der Waals surface area contributed by atoms with Gasteiger partial charge in [0.25, 0.3) is 5.91 Å². The normalized spacial score (nSPS) is 18.5. The third-order valence-corrected chi connectivity index (χ3v) is 6.56. The molecule has 1 saturated heterocycles. The van der Waals surface area contributed by atoms with E-state index in [2.05, 4.69) is 24.1 Å². The molecule has 2 heterocycles. The molecular formula is C24H25N3O3S. The Hall–Kier alpha value is -3.19. The molecule has 3 aromatic rings. The number of thiazole rings is 1. The molecule has 1 fully saturated rings. The van der Waals surface area contributed by atoms with E-state index in [4.69, 9.17) is 4.74 Å². The van der Waals surface area contributed by atoms with Crippen molar-refractivity contribution in [3.8, 4) is 16.3 Å². The van der Waals surface area contributed by atoms with Gasteiger partial charge < -0.3 is 10.1 Å².